The topological polar surface area (TPSA) is 76.6 Å². The first-order chi connectivity index (χ1) is 11.2. The van der Waals surface area contributed by atoms with E-state index in [0.717, 1.165) is 48.2 Å². The number of nitrogens with zero attached hydrogens (tertiary/aromatic N) is 3. The van der Waals surface area contributed by atoms with Gasteiger partial charge in [0.1, 0.15) is 5.76 Å². The zero-order valence-electron chi connectivity index (χ0n) is 14.2. The van der Waals surface area contributed by atoms with E-state index in [9.17, 15) is 0 Å². The number of aliphatic imine (C=N–C) groups is 1. The molecule has 7 heteroatoms. The quantitative estimate of drug-likeness (QED) is 0.597. The van der Waals surface area contributed by atoms with Gasteiger partial charge >= 0.3 is 0 Å². The lowest BCUT2D eigenvalue weighted by Gasteiger charge is -2.12. The Morgan fingerprint density at radius 2 is 2.26 bits per heavy atom. The molecule has 0 aliphatic heterocycles. The number of guanidine groups is 1. The van der Waals surface area contributed by atoms with Crippen LogP contribution in [0, 0.1) is 0 Å². The number of ether oxygens (including phenoxy) is 1. The molecule has 0 spiro atoms. The number of hydrogen-bond acceptors (Lipinski definition) is 4. The summed E-state index contributed by atoms with van der Waals surface area (Å²) < 4.78 is 12.5. The number of rotatable bonds is 7. The van der Waals surface area contributed by atoms with Crippen molar-refractivity contribution in [3.63, 3.8) is 0 Å². The van der Waals surface area contributed by atoms with E-state index in [0.29, 0.717) is 6.54 Å². The smallest absolute Gasteiger partial charge is 0.216 e. The Morgan fingerprint density at radius 3 is 2.87 bits per heavy atom. The molecule has 0 aliphatic carbocycles. The highest BCUT2D eigenvalue weighted by Gasteiger charge is 2.15. The lowest BCUT2D eigenvalue weighted by atomic mass is 10.2. The molecule has 0 atom stereocenters. The molecule has 0 fully saturated rings. The lowest BCUT2D eigenvalue weighted by Crippen LogP contribution is -2.38. The molecule has 7 nitrogen and oxygen atoms in total. The van der Waals surface area contributed by atoms with Gasteiger partial charge < -0.3 is 19.8 Å². The molecular weight excluding hydrogens is 294 g/mol. The maximum Gasteiger partial charge on any atom is 0.216 e. The second-order valence-corrected chi connectivity index (χ2v) is 5.09. The molecule has 2 aromatic rings. The van der Waals surface area contributed by atoms with Gasteiger partial charge in [0, 0.05) is 27.1 Å². The molecule has 0 radical (unpaired) electrons. The monoisotopic (exact) mass is 319 g/mol. The molecule has 0 aromatic carbocycles. The van der Waals surface area contributed by atoms with Gasteiger partial charge in [-0.2, -0.15) is 5.10 Å². The van der Waals surface area contributed by atoms with Gasteiger partial charge in [-0.1, -0.05) is 6.92 Å². The molecule has 2 heterocycles. The normalized spacial score (nSPS) is 11.6. The number of aryl methyl sites for hydroxylation is 2. The summed E-state index contributed by atoms with van der Waals surface area (Å²) in [6, 6.07) is 3.86. The van der Waals surface area contributed by atoms with E-state index in [-0.39, 0.29) is 0 Å². The van der Waals surface area contributed by atoms with Gasteiger partial charge in [-0.15, -0.1) is 0 Å². The SMILES string of the molecule is CCc1nn(C)c(OC)c1CNC(=NC)NCCc1ccco1. The van der Waals surface area contributed by atoms with Crippen molar-refractivity contribution in [1.29, 1.82) is 0 Å². The van der Waals surface area contributed by atoms with Crippen LogP contribution in [0.2, 0.25) is 0 Å². The van der Waals surface area contributed by atoms with Crippen LogP contribution in [0.5, 0.6) is 5.88 Å². The molecule has 126 valence electrons. The largest absolute Gasteiger partial charge is 0.481 e. The summed E-state index contributed by atoms with van der Waals surface area (Å²) in [5, 5.41) is 11.1. The summed E-state index contributed by atoms with van der Waals surface area (Å²) in [5.74, 6) is 2.47. The number of aromatic nitrogens is 2. The molecule has 0 saturated carbocycles. The first-order valence-electron chi connectivity index (χ1n) is 7.75. The van der Waals surface area contributed by atoms with Crippen molar-refractivity contribution < 1.29 is 9.15 Å². The van der Waals surface area contributed by atoms with Crippen LogP contribution in [0.15, 0.2) is 27.8 Å². The number of hydrogen-bond donors (Lipinski definition) is 2. The van der Waals surface area contributed by atoms with E-state index in [1.807, 2.05) is 19.2 Å². The molecule has 0 aliphatic rings. The van der Waals surface area contributed by atoms with Crippen molar-refractivity contribution in [3.8, 4) is 5.88 Å². The second kappa shape index (κ2) is 8.26. The number of furan rings is 1. The third-order valence-electron chi connectivity index (χ3n) is 3.60. The predicted octanol–water partition coefficient (Wildman–Crippen LogP) is 1.49. The van der Waals surface area contributed by atoms with Gasteiger partial charge in [-0.3, -0.25) is 4.99 Å². The molecule has 23 heavy (non-hydrogen) atoms. The van der Waals surface area contributed by atoms with Crippen LogP contribution in [-0.4, -0.2) is 36.4 Å². The van der Waals surface area contributed by atoms with Crippen molar-refractivity contribution in [2.24, 2.45) is 12.0 Å². The van der Waals surface area contributed by atoms with Crippen LogP contribution in [0.1, 0.15) is 23.9 Å². The molecule has 0 saturated heterocycles. The maximum absolute atomic E-state index is 5.44. The zero-order chi connectivity index (χ0) is 16.7. The van der Waals surface area contributed by atoms with Crippen molar-refractivity contribution in [1.82, 2.24) is 20.4 Å². The summed E-state index contributed by atoms with van der Waals surface area (Å²) in [7, 11) is 5.30. The van der Waals surface area contributed by atoms with E-state index >= 15 is 0 Å². The van der Waals surface area contributed by atoms with Crippen LogP contribution in [0.3, 0.4) is 0 Å². The average molecular weight is 319 g/mol. The average Bonchev–Trinajstić information content (AvgIpc) is 3.17. The molecule has 0 bridgehead atoms. The fourth-order valence-corrected chi connectivity index (χ4v) is 2.47. The van der Waals surface area contributed by atoms with Crippen molar-refractivity contribution in [2.75, 3.05) is 20.7 Å². The van der Waals surface area contributed by atoms with Crippen LogP contribution in [-0.2, 0) is 26.4 Å². The molecule has 2 aromatic heterocycles. The van der Waals surface area contributed by atoms with Gasteiger partial charge in [0.2, 0.25) is 5.88 Å². The lowest BCUT2D eigenvalue weighted by molar-refractivity contribution is 0.369. The van der Waals surface area contributed by atoms with Crippen molar-refractivity contribution in [2.45, 2.75) is 26.3 Å². The van der Waals surface area contributed by atoms with Gasteiger partial charge in [-0.25, -0.2) is 4.68 Å². The van der Waals surface area contributed by atoms with Crippen molar-refractivity contribution in [3.05, 3.63) is 35.4 Å². The first-order valence-corrected chi connectivity index (χ1v) is 7.75. The van der Waals surface area contributed by atoms with E-state index in [1.54, 1.807) is 25.1 Å². The highest BCUT2D eigenvalue weighted by atomic mass is 16.5. The third kappa shape index (κ3) is 4.28. The molecule has 0 unspecified atom stereocenters. The van der Waals surface area contributed by atoms with E-state index in [4.69, 9.17) is 9.15 Å². The number of nitrogens with one attached hydrogen (secondary N) is 2. The van der Waals surface area contributed by atoms with E-state index in [1.165, 1.54) is 0 Å². The molecule has 2 N–H and O–H groups in total. The van der Waals surface area contributed by atoms with E-state index < -0.39 is 0 Å². The Bertz CT molecular complexity index is 631. The fraction of sp³-hybridized carbons (Fsp3) is 0.500. The highest BCUT2D eigenvalue weighted by molar-refractivity contribution is 5.79. The van der Waals surface area contributed by atoms with Crippen LogP contribution in [0.4, 0.5) is 0 Å². The Hall–Kier alpha value is -2.44. The minimum absolute atomic E-state index is 0.612. The highest BCUT2D eigenvalue weighted by Crippen LogP contribution is 2.21. The zero-order valence-corrected chi connectivity index (χ0v) is 14.2. The first kappa shape index (κ1) is 16.9. The van der Waals surface area contributed by atoms with Gasteiger partial charge in [0.15, 0.2) is 5.96 Å². The molecule has 2 rings (SSSR count). The third-order valence-corrected chi connectivity index (χ3v) is 3.60. The van der Waals surface area contributed by atoms with E-state index in [2.05, 4.69) is 27.6 Å². The standard InChI is InChI=1S/C16H25N5O2/c1-5-14-13(15(22-4)21(3)20-14)11-19-16(17-2)18-9-8-12-7-6-10-23-12/h6-7,10H,5,8-9,11H2,1-4H3,(H2,17,18,19). The summed E-state index contributed by atoms with van der Waals surface area (Å²) in [6.07, 6.45) is 3.35. The summed E-state index contributed by atoms with van der Waals surface area (Å²) >= 11 is 0. The Balaban J connectivity index is 1.90. The Kier molecular flexibility index (Phi) is 6.08. The Morgan fingerprint density at radius 1 is 1.43 bits per heavy atom. The second-order valence-electron chi connectivity index (χ2n) is 5.09. The Labute approximate surface area is 136 Å². The number of methoxy groups -OCH3 is 1. The van der Waals surface area contributed by atoms with Gasteiger partial charge in [-0.05, 0) is 18.6 Å². The summed E-state index contributed by atoms with van der Waals surface area (Å²) in [4.78, 5) is 4.24. The van der Waals surface area contributed by atoms with Gasteiger partial charge in [0.05, 0.1) is 31.2 Å². The summed E-state index contributed by atoms with van der Waals surface area (Å²) in [6.45, 7) is 3.44. The van der Waals surface area contributed by atoms with Crippen LogP contribution >= 0.6 is 0 Å². The molecular formula is C16H25N5O2. The van der Waals surface area contributed by atoms with Crippen LogP contribution in [0.25, 0.3) is 0 Å². The minimum Gasteiger partial charge on any atom is -0.481 e. The fourth-order valence-electron chi connectivity index (χ4n) is 2.47. The van der Waals surface area contributed by atoms with Crippen LogP contribution < -0.4 is 15.4 Å². The summed E-state index contributed by atoms with van der Waals surface area (Å²) in [5.41, 5.74) is 2.09. The minimum atomic E-state index is 0.612. The van der Waals surface area contributed by atoms with Crippen molar-refractivity contribution >= 4 is 5.96 Å². The predicted molar refractivity (Wildman–Crippen MR) is 89.8 cm³/mol. The molecule has 0 amide bonds. The maximum atomic E-state index is 5.44. The van der Waals surface area contributed by atoms with Gasteiger partial charge in [0.25, 0.3) is 0 Å².